The number of hydrogen-bond acceptors (Lipinski definition) is 5. The smallest absolute Gasteiger partial charge is 0.378 e. The molecule has 1 aliphatic rings. The molecule has 0 amide bonds. The van der Waals surface area contributed by atoms with E-state index in [-0.39, 0.29) is 24.5 Å². The first-order chi connectivity index (χ1) is 11.0. The molecule has 0 unspecified atom stereocenters. The van der Waals surface area contributed by atoms with E-state index >= 15 is 0 Å². The summed E-state index contributed by atoms with van der Waals surface area (Å²) < 4.78 is 62.8. The lowest BCUT2D eigenvalue weighted by molar-refractivity contribution is -0.384. The van der Waals surface area contributed by atoms with Crippen LogP contribution in [0.5, 0.6) is 0 Å². The molecule has 0 saturated carbocycles. The first kappa shape index (κ1) is 18.7. The number of nitro benzene ring substituents is 1. The Labute approximate surface area is 140 Å². The number of benzene rings is 1. The normalized spacial score (nSPS) is 17.8. The van der Waals surface area contributed by atoms with Gasteiger partial charge in [0.25, 0.3) is 5.69 Å². The molecule has 2 rings (SSSR count). The molecule has 1 saturated heterocycles. The summed E-state index contributed by atoms with van der Waals surface area (Å²) in [7, 11) is -3.32. The number of nitro groups is 1. The van der Waals surface area contributed by atoms with Crippen molar-refractivity contribution in [3.05, 3.63) is 32.8 Å². The molecular formula is C12H13ClF3N3O4S. The first-order valence-electron chi connectivity index (χ1n) is 6.79. The molecule has 12 heteroatoms. The van der Waals surface area contributed by atoms with Crippen molar-refractivity contribution in [2.24, 2.45) is 0 Å². The van der Waals surface area contributed by atoms with Crippen molar-refractivity contribution in [1.82, 2.24) is 4.31 Å². The Morgan fingerprint density at radius 2 is 2.04 bits per heavy atom. The molecule has 24 heavy (non-hydrogen) atoms. The van der Waals surface area contributed by atoms with Crippen LogP contribution in [0.15, 0.2) is 12.1 Å². The van der Waals surface area contributed by atoms with Crippen molar-refractivity contribution in [2.45, 2.75) is 12.6 Å². The average Bonchev–Trinajstić information content (AvgIpc) is 2.76. The third-order valence-corrected chi connectivity index (χ3v) is 5.74. The van der Waals surface area contributed by atoms with Crippen LogP contribution in [0.3, 0.4) is 0 Å². The van der Waals surface area contributed by atoms with Crippen LogP contribution in [0.2, 0.25) is 5.02 Å². The topological polar surface area (TPSA) is 92.6 Å². The van der Waals surface area contributed by atoms with Crippen LogP contribution in [0.4, 0.5) is 24.5 Å². The van der Waals surface area contributed by atoms with Gasteiger partial charge in [-0.1, -0.05) is 11.6 Å². The second-order valence-electron chi connectivity index (χ2n) is 5.10. The molecule has 0 aliphatic carbocycles. The zero-order chi connectivity index (χ0) is 18.1. The fourth-order valence-corrected chi connectivity index (χ4v) is 4.13. The summed E-state index contributed by atoms with van der Waals surface area (Å²) in [6.07, 6.45) is -4.32. The van der Waals surface area contributed by atoms with E-state index in [1.165, 1.54) is 4.31 Å². The van der Waals surface area contributed by atoms with Gasteiger partial charge in [0.1, 0.15) is 5.69 Å². The second-order valence-corrected chi connectivity index (χ2v) is 7.60. The Morgan fingerprint density at radius 1 is 1.38 bits per heavy atom. The molecule has 1 N–H and O–H groups in total. The minimum atomic E-state index is -4.82. The molecule has 134 valence electrons. The molecule has 1 heterocycles. The lowest BCUT2D eigenvalue weighted by Crippen LogP contribution is -2.30. The third-order valence-electron chi connectivity index (χ3n) is 3.47. The Bertz CT molecular complexity index is 755. The summed E-state index contributed by atoms with van der Waals surface area (Å²) >= 11 is 5.55. The highest BCUT2D eigenvalue weighted by atomic mass is 35.5. The fraction of sp³-hybridized carbons (Fsp3) is 0.500. The maximum Gasteiger partial charge on any atom is 0.418 e. The highest BCUT2D eigenvalue weighted by Crippen LogP contribution is 2.40. The van der Waals surface area contributed by atoms with Crippen molar-refractivity contribution in [3.63, 3.8) is 0 Å². The van der Waals surface area contributed by atoms with Gasteiger partial charge in [-0.3, -0.25) is 10.1 Å². The number of alkyl halides is 3. The van der Waals surface area contributed by atoms with E-state index < -0.39 is 37.4 Å². The standard InChI is InChI=1S/C12H13ClF3N3O4S/c13-9-7-10(11(19(20)21)6-8(9)12(14,15)16)17-2-4-18-3-1-5-24(18,22)23/h6-7,17H,1-5H2. The Kier molecular flexibility index (Phi) is 5.25. The van der Waals surface area contributed by atoms with Gasteiger partial charge >= 0.3 is 6.18 Å². The first-order valence-corrected chi connectivity index (χ1v) is 8.78. The number of rotatable bonds is 5. The quantitative estimate of drug-likeness (QED) is 0.619. The van der Waals surface area contributed by atoms with Crippen LogP contribution < -0.4 is 5.32 Å². The van der Waals surface area contributed by atoms with Gasteiger partial charge in [0, 0.05) is 25.7 Å². The van der Waals surface area contributed by atoms with Gasteiger partial charge in [-0.25, -0.2) is 12.7 Å². The van der Waals surface area contributed by atoms with Crippen molar-refractivity contribution in [2.75, 3.05) is 30.7 Å². The summed E-state index contributed by atoms with van der Waals surface area (Å²) in [5, 5.41) is 12.9. The number of halogens is 4. The van der Waals surface area contributed by atoms with Crippen LogP contribution in [0.1, 0.15) is 12.0 Å². The van der Waals surface area contributed by atoms with E-state index in [0.717, 1.165) is 6.07 Å². The number of sulfonamides is 1. The van der Waals surface area contributed by atoms with Gasteiger partial charge < -0.3 is 5.32 Å². The molecule has 0 bridgehead atoms. The summed E-state index contributed by atoms with van der Waals surface area (Å²) in [5.41, 5.74) is -2.28. The summed E-state index contributed by atoms with van der Waals surface area (Å²) in [6, 6.07) is 1.18. The van der Waals surface area contributed by atoms with Gasteiger partial charge in [-0.05, 0) is 12.5 Å². The number of hydrogen-bond donors (Lipinski definition) is 1. The maximum absolute atomic E-state index is 12.8. The zero-order valence-corrected chi connectivity index (χ0v) is 13.7. The largest absolute Gasteiger partial charge is 0.418 e. The summed E-state index contributed by atoms with van der Waals surface area (Å²) in [6.45, 7) is 0.403. The second kappa shape index (κ2) is 6.73. The van der Waals surface area contributed by atoms with Gasteiger partial charge in [0.05, 0.1) is 21.3 Å². The average molecular weight is 388 g/mol. The number of anilines is 1. The Balaban J connectivity index is 2.18. The Morgan fingerprint density at radius 3 is 2.54 bits per heavy atom. The molecule has 0 atom stereocenters. The molecule has 1 aromatic rings. The maximum atomic E-state index is 12.8. The predicted molar refractivity (Wildman–Crippen MR) is 81.6 cm³/mol. The third kappa shape index (κ3) is 4.08. The van der Waals surface area contributed by atoms with Gasteiger partial charge in [0.15, 0.2) is 0 Å². The van der Waals surface area contributed by atoms with E-state index in [4.69, 9.17) is 11.6 Å². The van der Waals surface area contributed by atoms with Gasteiger partial charge in [-0.2, -0.15) is 13.2 Å². The van der Waals surface area contributed by atoms with Crippen LogP contribution in [-0.2, 0) is 16.2 Å². The molecular weight excluding hydrogens is 375 g/mol. The van der Waals surface area contributed by atoms with E-state index in [9.17, 15) is 31.7 Å². The van der Waals surface area contributed by atoms with Crippen LogP contribution >= 0.6 is 11.6 Å². The molecule has 1 aromatic carbocycles. The molecule has 0 spiro atoms. The van der Waals surface area contributed by atoms with E-state index in [0.29, 0.717) is 19.0 Å². The monoisotopic (exact) mass is 387 g/mol. The van der Waals surface area contributed by atoms with E-state index in [1.54, 1.807) is 0 Å². The number of nitrogens with zero attached hydrogens (tertiary/aromatic N) is 2. The zero-order valence-electron chi connectivity index (χ0n) is 12.1. The van der Waals surface area contributed by atoms with Crippen LogP contribution in [0.25, 0.3) is 0 Å². The minimum absolute atomic E-state index is 0.00175. The summed E-state index contributed by atoms with van der Waals surface area (Å²) in [5.74, 6) is 0.0409. The SMILES string of the molecule is O=[N+]([O-])c1cc(C(F)(F)F)c(Cl)cc1NCCN1CCCS1(=O)=O. The van der Waals surface area contributed by atoms with Crippen LogP contribution in [-0.4, -0.2) is 43.0 Å². The molecule has 1 aliphatic heterocycles. The lowest BCUT2D eigenvalue weighted by Gasteiger charge is -2.16. The van der Waals surface area contributed by atoms with Gasteiger partial charge in [0.2, 0.25) is 10.0 Å². The highest BCUT2D eigenvalue weighted by Gasteiger charge is 2.36. The Hall–Kier alpha value is -1.59. The minimum Gasteiger partial charge on any atom is -0.378 e. The van der Waals surface area contributed by atoms with Crippen LogP contribution in [0, 0.1) is 10.1 Å². The van der Waals surface area contributed by atoms with Gasteiger partial charge in [-0.15, -0.1) is 0 Å². The molecule has 1 fully saturated rings. The van der Waals surface area contributed by atoms with Crippen molar-refractivity contribution >= 4 is 33.0 Å². The van der Waals surface area contributed by atoms with Crippen molar-refractivity contribution in [1.29, 1.82) is 0 Å². The predicted octanol–water partition coefficient (Wildman–Crippen LogP) is 2.71. The summed E-state index contributed by atoms with van der Waals surface area (Å²) in [4.78, 5) is 10.0. The molecule has 0 aromatic heterocycles. The lowest BCUT2D eigenvalue weighted by atomic mass is 10.1. The van der Waals surface area contributed by atoms with E-state index in [1.807, 2.05) is 0 Å². The number of nitrogens with one attached hydrogen (secondary N) is 1. The molecule has 0 radical (unpaired) electrons. The van der Waals surface area contributed by atoms with E-state index in [2.05, 4.69) is 5.32 Å². The van der Waals surface area contributed by atoms with Crippen molar-refractivity contribution in [3.8, 4) is 0 Å². The highest BCUT2D eigenvalue weighted by molar-refractivity contribution is 7.89. The fourth-order valence-electron chi connectivity index (χ4n) is 2.33. The molecule has 7 nitrogen and oxygen atoms in total. The van der Waals surface area contributed by atoms with Crippen molar-refractivity contribution < 1.29 is 26.5 Å².